The number of anilines is 1. The van der Waals surface area contributed by atoms with Gasteiger partial charge in [-0.1, -0.05) is 18.6 Å². The van der Waals surface area contributed by atoms with Crippen LogP contribution in [0.3, 0.4) is 0 Å². The van der Waals surface area contributed by atoms with Crippen molar-refractivity contribution in [1.29, 1.82) is 0 Å². The van der Waals surface area contributed by atoms with Gasteiger partial charge in [-0.05, 0) is 43.7 Å². The predicted octanol–water partition coefficient (Wildman–Crippen LogP) is 2.95. The first-order valence-electron chi connectivity index (χ1n) is 6.82. The van der Waals surface area contributed by atoms with Gasteiger partial charge in [-0.2, -0.15) is 0 Å². The topological polar surface area (TPSA) is 29.3 Å². The highest BCUT2D eigenvalue weighted by Gasteiger charge is 2.22. The van der Waals surface area contributed by atoms with E-state index in [9.17, 15) is 4.39 Å². The third kappa shape index (κ3) is 3.02. The molecule has 1 aromatic carbocycles. The minimum atomic E-state index is -0.130. The second kappa shape index (κ2) is 5.70. The van der Waals surface area contributed by atoms with Gasteiger partial charge in [-0.15, -0.1) is 0 Å². The maximum absolute atomic E-state index is 14.0. The van der Waals surface area contributed by atoms with Crippen LogP contribution in [-0.4, -0.2) is 19.6 Å². The van der Waals surface area contributed by atoms with Gasteiger partial charge in [-0.3, -0.25) is 0 Å². The average Bonchev–Trinajstić information content (AvgIpc) is 2.22. The van der Waals surface area contributed by atoms with E-state index in [4.69, 9.17) is 5.73 Å². The summed E-state index contributed by atoms with van der Waals surface area (Å²) in [4.78, 5) is 2.07. The number of para-hydroxylation sites is 1. The molecule has 2 N–H and O–H groups in total. The van der Waals surface area contributed by atoms with Crippen LogP contribution in [0.1, 0.15) is 31.7 Å². The molecule has 0 aliphatic heterocycles. The lowest BCUT2D eigenvalue weighted by atomic mass is 9.85. The predicted molar refractivity (Wildman–Crippen MR) is 74.4 cm³/mol. The Hall–Kier alpha value is -1.09. The molecule has 100 valence electrons. The van der Waals surface area contributed by atoms with Crippen LogP contribution in [0.4, 0.5) is 10.1 Å². The third-order valence-corrected chi connectivity index (χ3v) is 3.75. The summed E-state index contributed by atoms with van der Waals surface area (Å²) in [7, 11) is 1.99. The highest BCUT2D eigenvalue weighted by atomic mass is 19.1. The first-order valence-corrected chi connectivity index (χ1v) is 6.82. The van der Waals surface area contributed by atoms with Crippen LogP contribution in [0.2, 0.25) is 0 Å². The van der Waals surface area contributed by atoms with Crippen LogP contribution in [0.5, 0.6) is 0 Å². The lowest BCUT2D eigenvalue weighted by molar-refractivity contribution is 0.320. The molecule has 1 aliphatic rings. The van der Waals surface area contributed by atoms with Gasteiger partial charge < -0.3 is 10.6 Å². The summed E-state index contributed by atoms with van der Waals surface area (Å²) in [5.41, 5.74) is 7.60. The van der Waals surface area contributed by atoms with Crippen LogP contribution in [-0.2, 0) is 6.42 Å². The smallest absolute Gasteiger partial charge is 0.146 e. The first-order chi connectivity index (χ1) is 8.58. The Bertz CT molecular complexity index is 399. The molecule has 0 saturated heterocycles. The minimum Gasteiger partial charge on any atom is -0.372 e. The van der Waals surface area contributed by atoms with Gasteiger partial charge in [0.1, 0.15) is 5.82 Å². The maximum atomic E-state index is 14.0. The molecule has 2 rings (SSSR count). The number of rotatable bonds is 5. The molecular weight excluding hydrogens is 227 g/mol. The molecule has 0 aromatic heterocycles. The van der Waals surface area contributed by atoms with E-state index in [1.54, 1.807) is 6.07 Å². The van der Waals surface area contributed by atoms with E-state index >= 15 is 0 Å². The largest absolute Gasteiger partial charge is 0.372 e. The van der Waals surface area contributed by atoms with Crippen LogP contribution in [0, 0.1) is 11.7 Å². The molecule has 1 aromatic rings. The van der Waals surface area contributed by atoms with Crippen molar-refractivity contribution in [3.05, 3.63) is 29.6 Å². The maximum Gasteiger partial charge on any atom is 0.146 e. The van der Waals surface area contributed by atoms with Gasteiger partial charge >= 0.3 is 0 Å². The first kappa shape index (κ1) is 13.3. The SMILES string of the molecule is CC(N)Cc1cccc(F)c1N(C)CC1CCC1. The van der Waals surface area contributed by atoms with E-state index < -0.39 is 0 Å². The Labute approximate surface area is 109 Å². The highest BCUT2D eigenvalue weighted by molar-refractivity contribution is 5.54. The average molecular weight is 250 g/mol. The van der Waals surface area contributed by atoms with Crippen molar-refractivity contribution in [2.75, 3.05) is 18.5 Å². The van der Waals surface area contributed by atoms with Gasteiger partial charge in [0.25, 0.3) is 0 Å². The molecule has 1 atom stereocenters. The van der Waals surface area contributed by atoms with E-state index in [0.717, 1.165) is 30.1 Å². The summed E-state index contributed by atoms with van der Waals surface area (Å²) in [6.45, 7) is 2.91. The monoisotopic (exact) mass is 250 g/mol. The molecule has 1 aliphatic carbocycles. The van der Waals surface area contributed by atoms with E-state index in [0.29, 0.717) is 0 Å². The Morgan fingerprint density at radius 3 is 2.72 bits per heavy atom. The molecule has 0 bridgehead atoms. The lowest BCUT2D eigenvalue weighted by Crippen LogP contribution is -2.31. The van der Waals surface area contributed by atoms with E-state index in [1.807, 2.05) is 20.0 Å². The van der Waals surface area contributed by atoms with E-state index in [-0.39, 0.29) is 11.9 Å². The van der Waals surface area contributed by atoms with Crippen molar-refractivity contribution < 1.29 is 4.39 Å². The van der Waals surface area contributed by atoms with Crippen molar-refractivity contribution in [3.63, 3.8) is 0 Å². The molecule has 3 heteroatoms. The molecule has 2 nitrogen and oxygen atoms in total. The zero-order chi connectivity index (χ0) is 13.1. The Morgan fingerprint density at radius 1 is 1.44 bits per heavy atom. The third-order valence-electron chi connectivity index (χ3n) is 3.75. The zero-order valence-electron chi connectivity index (χ0n) is 11.3. The molecular formula is C15H23FN2. The lowest BCUT2D eigenvalue weighted by Gasteiger charge is -2.32. The Balaban J connectivity index is 2.17. The molecule has 0 radical (unpaired) electrons. The summed E-state index contributed by atoms with van der Waals surface area (Å²) in [6, 6.07) is 5.35. The molecule has 0 heterocycles. The fraction of sp³-hybridized carbons (Fsp3) is 0.600. The minimum absolute atomic E-state index is 0.0580. The molecule has 18 heavy (non-hydrogen) atoms. The number of hydrogen-bond acceptors (Lipinski definition) is 2. The Kier molecular flexibility index (Phi) is 4.23. The number of hydrogen-bond donors (Lipinski definition) is 1. The van der Waals surface area contributed by atoms with Crippen LogP contribution in [0.25, 0.3) is 0 Å². The fourth-order valence-electron chi connectivity index (χ4n) is 2.65. The van der Waals surface area contributed by atoms with Crippen LogP contribution >= 0.6 is 0 Å². The molecule has 0 spiro atoms. The van der Waals surface area contributed by atoms with E-state index in [2.05, 4.69) is 4.90 Å². The number of nitrogens with zero attached hydrogens (tertiary/aromatic N) is 1. The molecule has 1 unspecified atom stereocenters. The van der Waals surface area contributed by atoms with Gasteiger partial charge in [0.05, 0.1) is 5.69 Å². The summed E-state index contributed by atoms with van der Waals surface area (Å²) in [5, 5.41) is 0. The van der Waals surface area contributed by atoms with Crippen LogP contribution in [0.15, 0.2) is 18.2 Å². The molecule has 0 amide bonds. The second-order valence-corrected chi connectivity index (χ2v) is 5.61. The second-order valence-electron chi connectivity index (χ2n) is 5.61. The molecule has 1 fully saturated rings. The standard InChI is InChI=1S/C15H23FN2/c1-11(17)9-13-7-4-8-14(16)15(13)18(2)10-12-5-3-6-12/h4,7-8,11-12H,3,5-6,9-10,17H2,1-2H3. The molecule has 1 saturated carbocycles. The van der Waals surface area contributed by atoms with E-state index in [1.165, 1.54) is 25.3 Å². The summed E-state index contributed by atoms with van der Waals surface area (Å²) >= 11 is 0. The van der Waals surface area contributed by atoms with Gasteiger partial charge in [-0.25, -0.2) is 4.39 Å². The summed E-state index contributed by atoms with van der Waals surface area (Å²) in [5.74, 6) is 0.604. The van der Waals surface area contributed by atoms with Gasteiger partial charge in [0.15, 0.2) is 0 Å². The van der Waals surface area contributed by atoms with Gasteiger partial charge in [0, 0.05) is 19.6 Å². The fourth-order valence-corrected chi connectivity index (χ4v) is 2.65. The van der Waals surface area contributed by atoms with Crippen molar-refractivity contribution in [2.45, 2.75) is 38.6 Å². The summed E-state index contributed by atoms with van der Waals surface area (Å²) in [6.07, 6.45) is 4.60. The van der Waals surface area contributed by atoms with Crippen molar-refractivity contribution in [3.8, 4) is 0 Å². The van der Waals surface area contributed by atoms with Crippen molar-refractivity contribution in [2.24, 2.45) is 11.7 Å². The normalized spacial score (nSPS) is 17.3. The van der Waals surface area contributed by atoms with Crippen molar-refractivity contribution in [1.82, 2.24) is 0 Å². The summed E-state index contributed by atoms with van der Waals surface area (Å²) < 4.78 is 14.0. The van der Waals surface area contributed by atoms with Crippen molar-refractivity contribution >= 4 is 5.69 Å². The highest BCUT2D eigenvalue weighted by Crippen LogP contribution is 2.31. The van der Waals surface area contributed by atoms with Gasteiger partial charge in [0.2, 0.25) is 0 Å². The number of halogens is 1. The number of benzene rings is 1. The number of nitrogens with two attached hydrogens (primary N) is 1. The quantitative estimate of drug-likeness (QED) is 0.870. The zero-order valence-corrected chi connectivity index (χ0v) is 11.3. The Morgan fingerprint density at radius 2 is 2.17 bits per heavy atom. The van der Waals surface area contributed by atoms with Crippen LogP contribution < -0.4 is 10.6 Å².